The largest absolute Gasteiger partial charge is 0.366 e. The maximum atomic E-state index is 10.6. The molecule has 0 radical (unpaired) electrons. The Morgan fingerprint density at radius 2 is 1.40 bits per heavy atom. The molecule has 0 spiro atoms. The van der Waals surface area contributed by atoms with Crippen molar-refractivity contribution in [3.63, 3.8) is 0 Å². The van der Waals surface area contributed by atoms with E-state index in [1.807, 2.05) is 0 Å². The van der Waals surface area contributed by atoms with E-state index >= 15 is 0 Å². The second-order valence-corrected chi connectivity index (χ2v) is 4.58. The summed E-state index contributed by atoms with van der Waals surface area (Å²) in [6.07, 6.45) is 2.28. The number of amides is 2. The Labute approximate surface area is 119 Å². The molecule has 0 saturated carbocycles. The zero-order chi connectivity index (χ0) is 15.5. The minimum atomic E-state index is -0.522. The van der Waals surface area contributed by atoms with Crippen LogP contribution in [0.3, 0.4) is 0 Å². The predicted molar refractivity (Wildman–Crippen MR) is 80.0 cm³/mol. The first-order valence-electron chi connectivity index (χ1n) is 6.52. The third kappa shape index (κ3) is 7.50. The summed E-state index contributed by atoms with van der Waals surface area (Å²) in [5.74, 6) is -0.393. The van der Waals surface area contributed by atoms with Crippen molar-refractivity contribution in [2.45, 2.75) is 19.8 Å². The van der Waals surface area contributed by atoms with Gasteiger partial charge in [-0.3, -0.25) is 9.59 Å². The van der Waals surface area contributed by atoms with E-state index in [0.717, 1.165) is 19.5 Å². The SMILES string of the molecule is CC(CN)CCCN.NC(=O)c1ccc(C(N)=O)cc1. The van der Waals surface area contributed by atoms with Gasteiger partial charge in [0.25, 0.3) is 0 Å². The van der Waals surface area contributed by atoms with Crippen LogP contribution >= 0.6 is 0 Å². The highest BCUT2D eigenvalue weighted by molar-refractivity contribution is 5.96. The number of carbonyl (C=O) groups excluding carboxylic acids is 2. The van der Waals surface area contributed by atoms with Crippen molar-refractivity contribution < 1.29 is 9.59 Å². The van der Waals surface area contributed by atoms with E-state index in [0.29, 0.717) is 17.0 Å². The molecule has 20 heavy (non-hydrogen) atoms. The Morgan fingerprint density at radius 3 is 1.65 bits per heavy atom. The lowest BCUT2D eigenvalue weighted by Crippen LogP contribution is -2.13. The zero-order valence-electron chi connectivity index (χ0n) is 11.8. The van der Waals surface area contributed by atoms with E-state index in [1.54, 1.807) is 0 Å². The molecule has 1 atom stereocenters. The molecule has 0 heterocycles. The number of rotatable bonds is 6. The average Bonchev–Trinajstić information content (AvgIpc) is 2.45. The molecule has 1 aromatic rings. The monoisotopic (exact) mass is 280 g/mol. The molecule has 0 saturated heterocycles. The number of primary amides is 2. The quantitative estimate of drug-likeness (QED) is 0.591. The molecular weight excluding hydrogens is 256 g/mol. The lowest BCUT2D eigenvalue weighted by Gasteiger charge is -2.04. The van der Waals surface area contributed by atoms with Crippen molar-refractivity contribution in [1.29, 1.82) is 0 Å². The predicted octanol–water partition coefficient (Wildman–Crippen LogP) is 0.205. The Kier molecular flexibility index (Phi) is 8.98. The lowest BCUT2D eigenvalue weighted by atomic mass is 10.1. The fourth-order valence-electron chi connectivity index (χ4n) is 1.38. The minimum Gasteiger partial charge on any atom is -0.366 e. The van der Waals surface area contributed by atoms with Gasteiger partial charge in [0.15, 0.2) is 0 Å². The Balaban J connectivity index is 0.000000396. The molecule has 0 aliphatic carbocycles. The summed E-state index contributed by atoms with van der Waals surface area (Å²) in [5.41, 5.74) is 21.4. The summed E-state index contributed by atoms with van der Waals surface area (Å²) in [6.45, 7) is 3.74. The van der Waals surface area contributed by atoms with E-state index in [2.05, 4.69) is 6.92 Å². The highest BCUT2D eigenvalue weighted by atomic mass is 16.1. The molecule has 0 aliphatic heterocycles. The molecule has 8 N–H and O–H groups in total. The van der Waals surface area contributed by atoms with E-state index in [9.17, 15) is 9.59 Å². The molecule has 1 rings (SSSR count). The van der Waals surface area contributed by atoms with Gasteiger partial charge in [0, 0.05) is 11.1 Å². The summed E-state index contributed by atoms with van der Waals surface area (Å²) in [5, 5.41) is 0. The minimum absolute atomic E-state index is 0.361. The maximum Gasteiger partial charge on any atom is 0.248 e. The van der Waals surface area contributed by atoms with Gasteiger partial charge in [-0.15, -0.1) is 0 Å². The zero-order valence-corrected chi connectivity index (χ0v) is 11.8. The van der Waals surface area contributed by atoms with Gasteiger partial charge < -0.3 is 22.9 Å². The molecule has 0 bridgehead atoms. The van der Waals surface area contributed by atoms with Crippen LogP contribution < -0.4 is 22.9 Å². The van der Waals surface area contributed by atoms with E-state index in [1.165, 1.54) is 30.7 Å². The first-order valence-corrected chi connectivity index (χ1v) is 6.52. The molecular formula is C14H24N4O2. The highest BCUT2D eigenvalue weighted by Gasteiger charge is 2.02. The van der Waals surface area contributed by atoms with E-state index in [-0.39, 0.29) is 0 Å². The van der Waals surface area contributed by atoms with Gasteiger partial charge in [-0.25, -0.2) is 0 Å². The molecule has 0 aromatic heterocycles. The molecule has 0 fully saturated rings. The third-order valence-electron chi connectivity index (χ3n) is 2.76. The number of nitrogens with two attached hydrogens (primary N) is 4. The highest BCUT2D eigenvalue weighted by Crippen LogP contribution is 2.02. The van der Waals surface area contributed by atoms with Gasteiger partial charge in [-0.1, -0.05) is 6.92 Å². The van der Waals surface area contributed by atoms with Crippen LogP contribution in [0.4, 0.5) is 0 Å². The van der Waals surface area contributed by atoms with Crippen LogP contribution in [-0.4, -0.2) is 24.9 Å². The first-order chi connectivity index (χ1) is 9.42. The van der Waals surface area contributed by atoms with Crippen LogP contribution in [0.25, 0.3) is 0 Å². The molecule has 6 nitrogen and oxygen atoms in total. The summed E-state index contributed by atoms with van der Waals surface area (Å²) in [7, 11) is 0. The fraction of sp³-hybridized carbons (Fsp3) is 0.429. The van der Waals surface area contributed by atoms with Crippen molar-refractivity contribution in [1.82, 2.24) is 0 Å². The van der Waals surface area contributed by atoms with Gasteiger partial charge >= 0.3 is 0 Å². The van der Waals surface area contributed by atoms with Crippen LogP contribution in [0.1, 0.15) is 40.5 Å². The topological polar surface area (TPSA) is 138 Å². The first kappa shape index (κ1) is 18.1. The van der Waals surface area contributed by atoms with Gasteiger partial charge in [0.1, 0.15) is 0 Å². The van der Waals surface area contributed by atoms with Crippen LogP contribution in [0.5, 0.6) is 0 Å². The number of hydrogen-bond acceptors (Lipinski definition) is 4. The lowest BCUT2D eigenvalue weighted by molar-refractivity contribution is 0.0988. The fourth-order valence-corrected chi connectivity index (χ4v) is 1.38. The second kappa shape index (κ2) is 9.94. The van der Waals surface area contributed by atoms with Crippen LogP contribution in [-0.2, 0) is 0 Å². The molecule has 6 heteroatoms. The molecule has 0 aliphatic rings. The molecule has 1 unspecified atom stereocenters. The van der Waals surface area contributed by atoms with Gasteiger partial charge in [0.05, 0.1) is 0 Å². The van der Waals surface area contributed by atoms with Crippen molar-refractivity contribution in [3.05, 3.63) is 35.4 Å². The molecule has 2 amide bonds. The molecule has 1 aromatic carbocycles. The van der Waals surface area contributed by atoms with E-state index < -0.39 is 11.8 Å². The smallest absolute Gasteiger partial charge is 0.248 e. The maximum absolute atomic E-state index is 10.6. The van der Waals surface area contributed by atoms with Crippen LogP contribution in [0, 0.1) is 5.92 Å². The van der Waals surface area contributed by atoms with Crippen LogP contribution in [0.2, 0.25) is 0 Å². The number of hydrogen-bond donors (Lipinski definition) is 4. The van der Waals surface area contributed by atoms with Crippen molar-refractivity contribution in [2.24, 2.45) is 28.9 Å². The Morgan fingerprint density at radius 1 is 1.00 bits per heavy atom. The third-order valence-corrected chi connectivity index (χ3v) is 2.76. The Bertz CT molecular complexity index is 385. The summed E-state index contributed by atoms with van der Waals surface area (Å²) < 4.78 is 0. The van der Waals surface area contributed by atoms with Crippen molar-refractivity contribution >= 4 is 11.8 Å². The second-order valence-electron chi connectivity index (χ2n) is 4.58. The van der Waals surface area contributed by atoms with Gasteiger partial charge in [-0.2, -0.15) is 0 Å². The Hall–Kier alpha value is -1.92. The summed E-state index contributed by atoms with van der Waals surface area (Å²) >= 11 is 0. The van der Waals surface area contributed by atoms with Crippen molar-refractivity contribution in [2.75, 3.05) is 13.1 Å². The van der Waals surface area contributed by atoms with E-state index in [4.69, 9.17) is 22.9 Å². The number of carbonyl (C=O) groups is 2. The van der Waals surface area contributed by atoms with Gasteiger partial charge in [-0.05, 0) is 56.1 Å². The normalized spacial score (nSPS) is 11.2. The van der Waals surface area contributed by atoms with Crippen LogP contribution in [0.15, 0.2) is 24.3 Å². The summed E-state index contributed by atoms with van der Waals surface area (Å²) in [6, 6.07) is 5.84. The molecule has 112 valence electrons. The van der Waals surface area contributed by atoms with Gasteiger partial charge in [0.2, 0.25) is 11.8 Å². The standard InChI is InChI=1S/C8H8N2O2.C6H16N2/c9-7(11)5-1-2-6(4-3-5)8(10)12;1-6(5-8)3-2-4-7/h1-4H,(H2,9,11)(H2,10,12);6H,2-5,7-8H2,1H3. The summed E-state index contributed by atoms with van der Waals surface area (Å²) in [4.78, 5) is 21.2. The number of benzene rings is 1. The van der Waals surface area contributed by atoms with Crippen molar-refractivity contribution in [3.8, 4) is 0 Å². The average molecular weight is 280 g/mol.